The van der Waals surface area contributed by atoms with Crippen LogP contribution in [0, 0.1) is 0 Å². The number of rotatable bonds is 10. The van der Waals surface area contributed by atoms with E-state index >= 15 is 0 Å². The highest BCUT2D eigenvalue weighted by molar-refractivity contribution is 7.99. The molecular formula is C23H26N4O3S. The molecule has 2 aromatic carbocycles. The number of aromatic nitrogens is 3. The minimum Gasteiger partial charge on any atom is -0.497 e. The van der Waals surface area contributed by atoms with Crippen molar-refractivity contribution in [2.24, 2.45) is 0 Å². The van der Waals surface area contributed by atoms with Gasteiger partial charge in [0.05, 0.1) is 26.5 Å². The zero-order valence-corrected chi connectivity index (χ0v) is 18.5. The molecule has 8 heteroatoms. The Bertz CT molecular complexity index is 1030. The summed E-state index contributed by atoms with van der Waals surface area (Å²) in [6, 6.07) is 15.8. The highest BCUT2D eigenvalue weighted by atomic mass is 32.2. The van der Waals surface area contributed by atoms with Crippen LogP contribution >= 0.6 is 11.8 Å². The highest BCUT2D eigenvalue weighted by Gasteiger charge is 2.30. The molecule has 4 rings (SSSR count). The molecule has 162 valence electrons. The van der Waals surface area contributed by atoms with Crippen molar-refractivity contribution in [3.05, 3.63) is 65.5 Å². The molecule has 0 atom stereocenters. The van der Waals surface area contributed by atoms with Crippen molar-refractivity contribution in [2.75, 3.05) is 20.0 Å². The summed E-state index contributed by atoms with van der Waals surface area (Å²) in [4.78, 5) is 12.5. The Hall–Kier alpha value is -3.00. The summed E-state index contributed by atoms with van der Waals surface area (Å²) in [5, 5.41) is 12.5. The smallest absolute Gasteiger partial charge is 0.230 e. The molecule has 1 amide bonds. The number of nitrogens with zero attached hydrogens (tertiary/aromatic N) is 3. The van der Waals surface area contributed by atoms with Crippen molar-refractivity contribution in [1.82, 2.24) is 20.1 Å². The second kappa shape index (κ2) is 9.87. The number of benzene rings is 2. The fourth-order valence-electron chi connectivity index (χ4n) is 3.36. The highest BCUT2D eigenvalue weighted by Crippen LogP contribution is 2.40. The Kier molecular flexibility index (Phi) is 6.76. The van der Waals surface area contributed by atoms with Gasteiger partial charge in [0.25, 0.3) is 0 Å². The normalized spacial score (nSPS) is 13.1. The molecule has 0 saturated heterocycles. The summed E-state index contributed by atoms with van der Waals surface area (Å²) in [7, 11) is 3.22. The summed E-state index contributed by atoms with van der Waals surface area (Å²) >= 11 is 1.41. The van der Waals surface area contributed by atoms with Gasteiger partial charge in [-0.05, 0) is 36.6 Å². The zero-order chi connectivity index (χ0) is 21.6. The number of nitrogens with one attached hydrogen (secondary N) is 1. The lowest BCUT2D eigenvalue weighted by atomic mass is 10.2. The van der Waals surface area contributed by atoms with Gasteiger partial charge in [-0.2, -0.15) is 0 Å². The van der Waals surface area contributed by atoms with Gasteiger partial charge in [0.15, 0.2) is 5.16 Å². The lowest BCUT2D eigenvalue weighted by molar-refractivity contribution is -0.118. The molecule has 0 aliphatic heterocycles. The number of methoxy groups -OCH3 is 2. The Balaban J connectivity index is 1.38. The van der Waals surface area contributed by atoms with Crippen LogP contribution < -0.4 is 14.8 Å². The summed E-state index contributed by atoms with van der Waals surface area (Å²) in [5.41, 5.74) is 2.06. The quantitative estimate of drug-likeness (QED) is 0.487. The molecule has 31 heavy (non-hydrogen) atoms. The molecule has 3 aromatic rings. The third-order valence-electron chi connectivity index (χ3n) is 5.17. The second-order valence-corrected chi connectivity index (χ2v) is 8.37. The van der Waals surface area contributed by atoms with Crippen LogP contribution in [-0.2, 0) is 17.9 Å². The van der Waals surface area contributed by atoms with Crippen molar-refractivity contribution >= 4 is 17.7 Å². The minimum atomic E-state index is -0.0721. The average Bonchev–Trinajstić information content (AvgIpc) is 3.58. The lowest BCUT2D eigenvalue weighted by Crippen LogP contribution is -2.25. The van der Waals surface area contributed by atoms with E-state index in [1.54, 1.807) is 14.2 Å². The molecular weight excluding hydrogens is 412 g/mol. The predicted molar refractivity (Wildman–Crippen MR) is 120 cm³/mol. The van der Waals surface area contributed by atoms with Gasteiger partial charge >= 0.3 is 0 Å². The number of hydrogen-bond donors (Lipinski definition) is 1. The van der Waals surface area contributed by atoms with Gasteiger partial charge in [-0.1, -0.05) is 42.1 Å². The second-order valence-electron chi connectivity index (χ2n) is 7.43. The number of carbonyl (C=O) groups is 1. The minimum absolute atomic E-state index is 0.0721. The molecule has 0 bridgehead atoms. The lowest BCUT2D eigenvalue weighted by Gasteiger charge is -2.12. The van der Waals surface area contributed by atoms with E-state index in [1.165, 1.54) is 17.3 Å². The van der Waals surface area contributed by atoms with E-state index in [9.17, 15) is 4.79 Å². The van der Waals surface area contributed by atoms with Gasteiger partial charge in [-0.25, -0.2) is 0 Å². The predicted octanol–water partition coefficient (Wildman–Crippen LogP) is 3.63. The first-order valence-corrected chi connectivity index (χ1v) is 11.2. The topological polar surface area (TPSA) is 78.3 Å². The molecule has 1 aromatic heterocycles. The van der Waals surface area contributed by atoms with E-state index in [2.05, 4.69) is 32.2 Å². The van der Waals surface area contributed by atoms with Crippen LogP contribution in [0.4, 0.5) is 0 Å². The first-order valence-electron chi connectivity index (χ1n) is 10.3. The molecule has 1 aliphatic rings. The van der Waals surface area contributed by atoms with E-state index in [1.807, 2.05) is 36.4 Å². The molecule has 1 fully saturated rings. The van der Waals surface area contributed by atoms with Crippen LogP contribution in [0.5, 0.6) is 11.5 Å². The Labute approximate surface area is 186 Å². The van der Waals surface area contributed by atoms with Gasteiger partial charge in [0, 0.05) is 18.0 Å². The van der Waals surface area contributed by atoms with E-state index in [0.29, 0.717) is 24.8 Å². The van der Waals surface area contributed by atoms with Crippen LogP contribution in [-0.4, -0.2) is 40.6 Å². The Morgan fingerprint density at radius 2 is 1.94 bits per heavy atom. The van der Waals surface area contributed by atoms with E-state index in [0.717, 1.165) is 35.1 Å². The van der Waals surface area contributed by atoms with Gasteiger partial charge in [-0.15, -0.1) is 10.2 Å². The van der Waals surface area contributed by atoms with Crippen molar-refractivity contribution in [3.8, 4) is 11.5 Å². The third-order valence-corrected chi connectivity index (χ3v) is 6.13. The standard InChI is InChI=1S/C23H26N4O3S/c1-29-19-10-11-20(30-2)18(12-19)13-24-21(28)15-31-23-26-25-22(17-8-9-17)27(23)14-16-6-4-3-5-7-16/h3-7,10-12,17H,8-9,13-15H2,1-2H3,(H,24,28). The van der Waals surface area contributed by atoms with Gasteiger partial charge in [-0.3, -0.25) is 4.79 Å². The fraction of sp³-hybridized carbons (Fsp3) is 0.348. The maximum Gasteiger partial charge on any atom is 0.230 e. The first kappa shape index (κ1) is 21.2. The van der Waals surface area contributed by atoms with Crippen LogP contribution in [0.25, 0.3) is 0 Å². The van der Waals surface area contributed by atoms with Crippen LogP contribution in [0.2, 0.25) is 0 Å². The van der Waals surface area contributed by atoms with Crippen LogP contribution in [0.15, 0.2) is 53.7 Å². The number of amides is 1. The summed E-state index contributed by atoms with van der Waals surface area (Å²) < 4.78 is 12.8. The first-order chi connectivity index (χ1) is 15.2. The van der Waals surface area contributed by atoms with Crippen molar-refractivity contribution in [3.63, 3.8) is 0 Å². The molecule has 0 spiro atoms. The number of carbonyl (C=O) groups excluding carboxylic acids is 1. The Morgan fingerprint density at radius 3 is 2.65 bits per heavy atom. The number of hydrogen-bond acceptors (Lipinski definition) is 6. The monoisotopic (exact) mass is 438 g/mol. The SMILES string of the molecule is COc1ccc(OC)c(CNC(=O)CSc2nnc(C3CC3)n2Cc2ccccc2)c1. The van der Waals surface area contributed by atoms with Crippen LogP contribution in [0.3, 0.4) is 0 Å². The molecule has 1 N–H and O–H groups in total. The summed E-state index contributed by atoms with van der Waals surface area (Å²) in [6.45, 7) is 1.08. The molecule has 1 aliphatic carbocycles. The number of thioether (sulfide) groups is 1. The van der Waals surface area contributed by atoms with Gasteiger partial charge in [0.2, 0.25) is 5.91 Å². The fourth-order valence-corrected chi connectivity index (χ4v) is 4.13. The molecule has 7 nitrogen and oxygen atoms in total. The maximum absolute atomic E-state index is 12.5. The summed E-state index contributed by atoms with van der Waals surface area (Å²) in [6.07, 6.45) is 2.31. The van der Waals surface area contributed by atoms with Gasteiger partial charge in [0.1, 0.15) is 17.3 Å². The third kappa shape index (κ3) is 5.38. The van der Waals surface area contributed by atoms with Gasteiger partial charge < -0.3 is 19.4 Å². The zero-order valence-electron chi connectivity index (χ0n) is 17.7. The Morgan fingerprint density at radius 1 is 1.13 bits per heavy atom. The van der Waals surface area contributed by atoms with E-state index < -0.39 is 0 Å². The molecule has 0 unspecified atom stereocenters. The molecule has 1 heterocycles. The summed E-state index contributed by atoms with van der Waals surface area (Å²) in [5.74, 6) is 3.14. The van der Waals surface area contributed by atoms with Crippen molar-refractivity contribution < 1.29 is 14.3 Å². The number of ether oxygens (including phenoxy) is 2. The largest absolute Gasteiger partial charge is 0.497 e. The van der Waals surface area contributed by atoms with Crippen molar-refractivity contribution in [2.45, 2.75) is 37.0 Å². The maximum atomic E-state index is 12.5. The average molecular weight is 439 g/mol. The molecule has 1 saturated carbocycles. The molecule has 0 radical (unpaired) electrons. The van der Waals surface area contributed by atoms with Crippen LogP contribution in [0.1, 0.15) is 35.7 Å². The van der Waals surface area contributed by atoms with E-state index in [4.69, 9.17) is 9.47 Å². The van der Waals surface area contributed by atoms with E-state index in [-0.39, 0.29) is 11.7 Å². The van der Waals surface area contributed by atoms with Crippen molar-refractivity contribution in [1.29, 1.82) is 0 Å².